The molecule has 2 fully saturated rings. The van der Waals surface area contributed by atoms with Gasteiger partial charge in [0.05, 0.1) is 91.8 Å². The van der Waals surface area contributed by atoms with Crippen molar-refractivity contribution in [3.05, 3.63) is 83.4 Å². The van der Waals surface area contributed by atoms with Crippen LogP contribution in [0.5, 0.6) is 0 Å². The highest BCUT2D eigenvalue weighted by molar-refractivity contribution is 6.74. The molecular weight excluding hydrogens is 1190 g/mol. The van der Waals surface area contributed by atoms with E-state index in [9.17, 15) is 9.59 Å². The number of benzene rings is 2. The number of nitrogens with one attached hydrogen (secondary N) is 3. The number of ether oxygens (including phenoxy) is 2. The molecule has 2 aliphatic rings. The minimum absolute atomic E-state index is 0. The minimum Gasteiger partial charge on any atom is -0.414 e. The lowest BCUT2D eigenvalue weighted by Crippen LogP contribution is -2.51. The Morgan fingerprint density at radius 3 is 1.55 bits per heavy atom. The zero-order valence-electron chi connectivity index (χ0n) is 55.3. The van der Waals surface area contributed by atoms with E-state index in [1.54, 1.807) is 24.8 Å². The number of rotatable bonds is 17. The second-order valence-electron chi connectivity index (χ2n) is 27.7. The molecule has 0 spiro atoms. The number of carbonyl (C=O) groups is 2. The molecule has 0 saturated carbocycles. The van der Waals surface area contributed by atoms with E-state index >= 15 is 0 Å². The first-order valence-electron chi connectivity index (χ1n) is 30.4. The molecule has 8 aromatic rings. The van der Waals surface area contributed by atoms with Crippen LogP contribution in [0.4, 0.5) is 0 Å². The van der Waals surface area contributed by atoms with Gasteiger partial charge in [0.15, 0.2) is 27.9 Å². The van der Waals surface area contributed by atoms with Gasteiger partial charge in [-0.3, -0.25) is 29.2 Å². The van der Waals surface area contributed by atoms with E-state index < -0.39 is 27.7 Å². The summed E-state index contributed by atoms with van der Waals surface area (Å²) in [6, 6.07) is 12.5. The van der Waals surface area contributed by atoms with Crippen LogP contribution in [0.1, 0.15) is 101 Å². The molecule has 2 aliphatic heterocycles. The smallest absolute Gasteiger partial charge is 0.255 e. The van der Waals surface area contributed by atoms with Gasteiger partial charge < -0.3 is 38.1 Å². The van der Waals surface area contributed by atoms with Crippen LogP contribution in [0.3, 0.4) is 0 Å². The molecule has 88 heavy (non-hydrogen) atoms. The van der Waals surface area contributed by atoms with Crippen molar-refractivity contribution in [2.45, 2.75) is 137 Å². The number of amides is 2. The quantitative estimate of drug-likeness (QED) is 0.0572. The lowest BCUT2D eigenvalue weighted by atomic mass is 10.1. The Bertz CT molecular complexity index is 3700. The van der Waals surface area contributed by atoms with Crippen molar-refractivity contribution in [1.82, 2.24) is 69.5 Å². The van der Waals surface area contributed by atoms with Crippen LogP contribution in [-0.2, 0) is 39.0 Å². The number of morpholine rings is 2. The van der Waals surface area contributed by atoms with E-state index in [0.29, 0.717) is 63.8 Å². The van der Waals surface area contributed by atoms with Gasteiger partial charge in [-0.2, -0.15) is 10.2 Å². The lowest BCUT2D eigenvalue weighted by Gasteiger charge is -2.39. The van der Waals surface area contributed by atoms with E-state index in [1.165, 1.54) is 5.56 Å². The molecule has 480 valence electrons. The summed E-state index contributed by atoms with van der Waals surface area (Å²) in [6.07, 6.45) is 7.04. The number of H-pyrrole nitrogens is 1. The van der Waals surface area contributed by atoms with Crippen LogP contribution in [0.15, 0.2) is 61.2 Å². The summed E-state index contributed by atoms with van der Waals surface area (Å²) in [7, 11) is -0.148. The largest absolute Gasteiger partial charge is 0.414 e. The van der Waals surface area contributed by atoms with Crippen LogP contribution < -0.4 is 10.6 Å². The fourth-order valence-electron chi connectivity index (χ4n) is 9.79. The molecule has 0 atom stereocenters. The standard InChI is InChI=1S/C32H47N7O3Si.C26H36N6O2Si.C6H12ClNO.ClH/c1-22-10-11-23-26(18-22)39(13-12-38-14-16-41-17-15-38)36-27(23)25-19-33-29-28(34-25)24(20-37(29)7)30(40)35-32(5,6)21-42-43(8,9)31(2,3)4;1-16-10-11-17-19(12-16)30-31-21(17)20-13-27-23-22(28-20)18(14-32(23)7)24(33)29-26(5,6)15-34-35(8,9)25(2,3)4;7-1-2-8-3-5-9-6-4-8;/h10-11,18-20H,12-17,21H2,1-9H3,(H,35,40);10-14H,15H2,1-9H3,(H,29,33)(H,30,31);1-6H2;1H. The lowest BCUT2D eigenvalue weighted by molar-refractivity contribution is 0.0361. The van der Waals surface area contributed by atoms with Gasteiger partial charge >= 0.3 is 0 Å². The molecule has 6 aromatic heterocycles. The number of aryl methyl sites for hydroxylation is 4. The molecule has 0 aliphatic carbocycles. The highest BCUT2D eigenvalue weighted by atomic mass is 35.5. The Labute approximate surface area is 533 Å². The number of alkyl halides is 1. The van der Waals surface area contributed by atoms with Crippen molar-refractivity contribution in [2.75, 3.05) is 84.8 Å². The first kappa shape index (κ1) is 69.8. The molecule has 3 N–H and O–H groups in total. The van der Waals surface area contributed by atoms with E-state index in [-0.39, 0.29) is 34.3 Å². The molecule has 2 saturated heterocycles. The highest BCUT2D eigenvalue weighted by Gasteiger charge is 2.40. The second kappa shape index (κ2) is 28.2. The minimum atomic E-state index is -1.96. The van der Waals surface area contributed by atoms with Crippen molar-refractivity contribution in [3.63, 3.8) is 0 Å². The summed E-state index contributed by atoms with van der Waals surface area (Å²) in [5, 5.41) is 21.1. The van der Waals surface area contributed by atoms with Gasteiger partial charge in [-0.25, -0.2) is 19.9 Å². The molecular formula is C64H96Cl2N14O6Si2. The highest BCUT2D eigenvalue weighted by Crippen LogP contribution is 2.39. The van der Waals surface area contributed by atoms with Crippen molar-refractivity contribution in [3.8, 4) is 22.8 Å². The monoisotopic (exact) mass is 1280 g/mol. The Kier molecular flexibility index (Phi) is 22.4. The van der Waals surface area contributed by atoms with Gasteiger partial charge in [-0.05, 0) is 101 Å². The van der Waals surface area contributed by atoms with E-state index in [2.05, 4.69) is 133 Å². The molecule has 2 amide bonds. The molecule has 20 nitrogen and oxygen atoms in total. The molecule has 24 heteroatoms. The normalized spacial score (nSPS) is 15.0. The summed E-state index contributed by atoms with van der Waals surface area (Å²) in [5.41, 5.74) is 9.34. The number of aromatic amines is 1. The average Bonchev–Trinajstić information content (AvgIpc) is 2.27. The predicted octanol–water partition coefficient (Wildman–Crippen LogP) is 11.5. The Balaban J connectivity index is 0.000000220. The molecule has 0 radical (unpaired) electrons. The molecule has 2 aromatic carbocycles. The molecule has 0 unspecified atom stereocenters. The Hall–Kier alpha value is -5.67. The number of hydrogen-bond acceptors (Lipinski definition) is 14. The maximum atomic E-state index is 13.7. The van der Waals surface area contributed by atoms with E-state index in [1.807, 2.05) is 76.0 Å². The topological polar surface area (TPSA) is 210 Å². The number of hydrogen-bond donors (Lipinski definition) is 3. The zero-order chi connectivity index (χ0) is 63.4. The Morgan fingerprint density at radius 2 is 1.08 bits per heavy atom. The first-order valence-corrected chi connectivity index (χ1v) is 36.8. The zero-order valence-corrected chi connectivity index (χ0v) is 58.9. The van der Waals surface area contributed by atoms with Crippen LogP contribution >= 0.6 is 24.0 Å². The van der Waals surface area contributed by atoms with E-state index in [4.69, 9.17) is 50.0 Å². The van der Waals surface area contributed by atoms with Gasteiger partial charge in [0.2, 0.25) is 0 Å². The predicted molar refractivity (Wildman–Crippen MR) is 362 cm³/mol. The Morgan fingerprint density at radius 1 is 0.636 bits per heavy atom. The van der Waals surface area contributed by atoms with Crippen molar-refractivity contribution >= 4 is 96.6 Å². The summed E-state index contributed by atoms with van der Waals surface area (Å²) in [4.78, 5) is 51.0. The fourth-order valence-corrected chi connectivity index (χ4v) is 12.3. The van der Waals surface area contributed by atoms with E-state index in [0.717, 1.165) is 111 Å². The number of carbonyl (C=O) groups excluding carboxylic acids is 2. The third kappa shape index (κ3) is 16.8. The summed E-state index contributed by atoms with van der Waals surface area (Å²) in [5.74, 6) is 0.339. The number of fused-ring (bicyclic) bond motifs is 4. The van der Waals surface area contributed by atoms with Gasteiger partial charge in [0, 0.05) is 82.4 Å². The summed E-state index contributed by atoms with van der Waals surface area (Å²) in [6.45, 7) is 45.1. The van der Waals surface area contributed by atoms with Gasteiger partial charge in [-0.15, -0.1) is 24.0 Å². The second-order valence-corrected chi connectivity index (χ2v) is 37.7. The number of nitrogens with zero attached hydrogens (tertiary/aromatic N) is 11. The maximum Gasteiger partial charge on any atom is 0.255 e. The van der Waals surface area contributed by atoms with Crippen LogP contribution in [0.25, 0.3) is 66.9 Å². The van der Waals surface area contributed by atoms with Gasteiger partial charge in [0.25, 0.3) is 11.8 Å². The third-order valence-corrected chi connectivity index (χ3v) is 26.4. The fraction of sp³-hybridized carbons (Fsp3) is 0.562. The summed E-state index contributed by atoms with van der Waals surface area (Å²) < 4.78 is 29.3. The van der Waals surface area contributed by atoms with Gasteiger partial charge in [0.1, 0.15) is 33.8 Å². The molecule has 0 bridgehead atoms. The van der Waals surface area contributed by atoms with Crippen LogP contribution in [0, 0.1) is 13.8 Å². The maximum absolute atomic E-state index is 13.7. The number of aromatic nitrogens is 10. The van der Waals surface area contributed by atoms with Crippen molar-refractivity contribution in [2.24, 2.45) is 14.1 Å². The first-order chi connectivity index (χ1) is 40.8. The van der Waals surface area contributed by atoms with Crippen molar-refractivity contribution < 1.29 is 27.9 Å². The van der Waals surface area contributed by atoms with Gasteiger partial charge in [-0.1, -0.05) is 65.8 Å². The average molecular weight is 1280 g/mol. The SMILES string of the molecule is Cc1ccc2c(-c3cnc4c(n3)c(C(=O)NC(C)(C)CO[Si](C)(C)C(C)(C)C)cn4C)n[nH]c2c1.Cc1ccc2c(-c3cnc4c(n3)c(C(=O)NC(C)(C)CO[Si](C)(C)C(C)(C)C)cn4C)nn(CCN3CCOCC3)c2c1.Cl.ClCCN1CCOCC1. The molecule has 8 heterocycles. The molecule has 10 rings (SSSR count). The summed E-state index contributed by atoms with van der Waals surface area (Å²) >= 11 is 5.55. The van der Waals surface area contributed by atoms with Crippen molar-refractivity contribution in [1.29, 1.82) is 0 Å². The van der Waals surface area contributed by atoms with Crippen LogP contribution in [0.2, 0.25) is 36.3 Å². The van der Waals surface area contributed by atoms with Crippen LogP contribution in [-0.4, -0.2) is 183 Å². The number of halogens is 2. The third-order valence-electron chi connectivity index (χ3n) is 17.3.